The number of aromatic nitrogens is 1. The van der Waals surface area contributed by atoms with E-state index in [9.17, 15) is 0 Å². The van der Waals surface area contributed by atoms with Gasteiger partial charge in [0.25, 0.3) is 0 Å². The van der Waals surface area contributed by atoms with E-state index in [1.165, 1.54) is 5.39 Å². The van der Waals surface area contributed by atoms with E-state index in [4.69, 9.17) is 13.8 Å². The maximum Gasteiger partial charge on any atom is 0.136 e. The molecule has 0 unspecified atom stereocenters. The number of hydrogen-bond donors (Lipinski definition) is 0. The van der Waals surface area contributed by atoms with Gasteiger partial charge in [0, 0.05) is 48.8 Å². The second-order valence-corrected chi connectivity index (χ2v) is 11.9. The molecule has 0 saturated carbocycles. The number of furan rings is 2. The molecule has 0 aliphatic heterocycles. The highest BCUT2D eigenvalue weighted by Crippen LogP contribution is 2.46. The van der Waals surface area contributed by atoms with Crippen LogP contribution in [0.25, 0.3) is 99.1 Å². The van der Waals surface area contributed by atoms with E-state index in [0.29, 0.717) is 0 Å². The van der Waals surface area contributed by atoms with E-state index in [1.54, 1.807) is 0 Å². The van der Waals surface area contributed by atoms with Crippen LogP contribution in [-0.4, -0.2) is 4.98 Å². The standard InChI is InChI=1S/C43H25NO2/c1-2-11-26(12-3-1)43-34-25-39-42(32-17-6-9-20-37(32)46-39)40(41(34)31-16-4-7-18-35(31)44-43)29-14-10-13-27(23-29)28-21-22-38-33(24-28)30-15-5-8-19-36(30)45-38/h1-25H. The van der Waals surface area contributed by atoms with Crippen molar-refractivity contribution in [3.05, 3.63) is 152 Å². The van der Waals surface area contributed by atoms with Crippen molar-refractivity contribution in [2.24, 2.45) is 0 Å². The number of rotatable bonds is 3. The van der Waals surface area contributed by atoms with Gasteiger partial charge in [-0.05, 0) is 59.2 Å². The van der Waals surface area contributed by atoms with E-state index in [1.807, 2.05) is 24.3 Å². The molecule has 0 atom stereocenters. The highest BCUT2D eigenvalue weighted by molar-refractivity contribution is 6.27. The highest BCUT2D eigenvalue weighted by Gasteiger charge is 2.22. The molecule has 0 aliphatic rings. The zero-order chi connectivity index (χ0) is 30.2. The number of pyridine rings is 1. The molecule has 0 N–H and O–H groups in total. The smallest absolute Gasteiger partial charge is 0.136 e. The Morgan fingerprint density at radius 1 is 0.348 bits per heavy atom. The quantitative estimate of drug-likeness (QED) is 0.193. The second kappa shape index (κ2) is 9.65. The molecular weight excluding hydrogens is 562 g/mol. The van der Waals surface area contributed by atoms with Crippen LogP contribution in [0.15, 0.2) is 160 Å². The molecular formula is C43H25NO2. The first-order valence-electron chi connectivity index (χ1n) is 15.5. The Labute approximate surface area is 264 Å². The van der Waals surface area contributed by atoms with Gasteiger partial charge in [-0.1, -0.05) is 109 Å². The Kier molecular flexibility index (Phi) is 5.28. The average molecular weight is 588 g/mol. The molecule has 0 saturated heterocycles. The maximum absolute atomic E-state index is 6.58. The van der Waals surface area contributed by atoms with E-state index < -0.39 is 0 Å². The van der Waals surface area contributed by atoms with Crippen LogP contribution in [0.4, 0.5) is 0 Å². The van der Waals surface area contributed by atoms with Crippen molar-refractivity contribution >= 4 is 65.6 Å². The summed E-state index contributed by atoms with van der Waals surface area (Å²) in [6.45, 7) is 0. The van der Waals surface area contributed by atoms with Crippen molar-refractivity contribution in [1.29, 1.82) is 0 Å². The lowest BCUT2D eigenvalue weighted by molar-refractivity contribution is 0.669. The summed E-state index contributed by atoms with van der Waals surface area (Å²) < 4.78 is 12.7. The number of benzene rings is 7. The molecule has 0 fully saturated rings. The van der Waals surface area contributed by atoms with Gasteiger partial charge in [0.15, 0.2) is 0 Å². The Balaban J connectivity index is 1.32. The molecule has 0 amide bonds. The van der Waals surface area contributed by atoms with Gasteiger partial charge in [-0.2, -0.15) is 0 Å². The molecule has 3 heterocycles. The lowest BCUT2D eigenvalue weighted by Gasteiger charge is -2.16. The van der Waals surface area contributed by atoms with Crippen LogP contribution >= 0.6 is 0 Å². The minimum absolute atomic E-state index is 0.856. The first kappa shape index (κ1) is 25.2. The Morgan fingerprint density at radius 3 is 1.85 bits per heavy atom. The summed E-state index contributed by atoms with van der Waals surface area (Å²) in [5.74, 6) is 0. The number of nitrogens with zero attached hydrogens (tertiary/aromatic N) is 1. The average Bonchev–Trinajstić information content (AvgIpc) is 3.68. The molecule has 3 heteroatoms. The fourth-order valence-corrected chi connectivity index (χ4v) is 7.18. The summed E-state index contributed by atoms with van der Waals surface area (Å²) in [6, 6.07) is 53.1. The Hall–Kier alpha value is -6.19. The summed E-state index contributed by atoms with van der Waals surface area (Å²) >= 11 is 0. The first-order valence-corrected chi connectivity index (χ1v) is 15.5. The third-order valence-corrected chi connectivity index (χ3v) is 9.24. The summed E-state index contributed by atoms with van der Waals surface area (Å²) in [5.41, 5.74) is 11.1. The van der Waals surface area contributed by atoms with E-state index in [2.05, 4.69) is 127 Å². The fourth-order valence-electron chi connectivity index (χ4n) is 7.18. The molecule has 0 aliphatic carbocycles. The summed E-state index contributed by atoms with van der Waals surface area (Å²) in [4.78, 5) is 5.23. The fraction of sp³-hybridized carbons (Fsp3) is 0. The van der Waals surface area contributed by atoms with Crippen LogP contribution in [0.2, 0.25) is 0 Å². The molecule has 7 aromatic carbocycles. The van der Waals surface area contributed by atoms with Gasteiger partial charge in [0.2, 0.25) is 0 Å². The lowest BCUT2D eigenvalue weighted by atomic mass is 9.88. The van der Waals surface area contributed by atoms with E-state index in [-0.39, 0.29) is 0 Å². The van der Waals surface area contributed by atoms with Gasteiger partial charge in [0.05, 0.1) is 11.2 Å². The third-order valence-electron chi connectivity index (χ3n) is 9.24. The van der Waals surface area contributed by atoms with E-state index in [0.717, 1.165) is 93.7 Å². The lowest BCUT2D eigenvalue weighted by Crippen LogP contribution is -1.93. The van der Waals surface area contributed by atoms with Gasteiger partial charge in [0.1, 0.15) is 22.3 Å². The van der Waals surface area contributed by atoms with Crippen molar-refractivity contribution in [2.75, 3.05) is 0 Å². The van der Waals surface area contributed by atoms with Crippen molar-refractivity contribution in [2.45, 2.75) is 0 Å². The van der Waals surface area contributed by atoms with Gasteiger partial charge >= 0.3 is 0 Å². The maximum atomic E-state index is 6.58. The molecule has 46 heavy (non-hydrogen) atoms. The predicted octanol–water partition coefficient (Wildman–Crippen LogP) is 12.2. The Morgan fingerprint density at radius 2 is 0.978 bits per heavy atom. The molecule has 214 valence electrons. The normalized spacial score (nSPS) is 11.9. The zero-order valence-electron chi connectivity index (χ0n) is 24.7. The van der Waals surface area contributed by atoms with Gasteiger partial charge in [-0.3, -0.25) is 0 Å². The molecule has 10 aromatic rings. The van der Waals surface area contributed by atoms with Crippen LogP contribution in [0, 0.1) is 0 Å². The number of hydrogen-bond acceptors (Lipinski definition) is 3. The van der Waals surface area contributed by atoms with Crippen LogP contribution in [0.3, 0.4) is 0 Å². The summed E-state index contributed by atoms with van der Waals surface area (Å²) in [5, 5.41) is 7.84. The van der Waals surface area contributed by atoms with Crippen LogP contribution in [0.1, 0.15) is 0 Å². The highest BCUT2D eigenvalue weighted by atomic mass is 16.3. The van der Waals surface area contributed by atoms with Crippen molar-refractivity contribution < 1.29 is 8.83 Å². The van der Waals surface area contributed by atoms with Gasteiger partial charge in [-0.25, -0.2) is 4.98 Å². The largest absolute Gasteiger partial charge is 0.456 e. The first-order chi connectivity index (χ1) is 22.8. The van der Waals surface area contributed by atoms with Crippen LogP contribution in [0.5, 0.6) is 0 Å². The van der Waals surface area contributed by atoms with Gasteiger partial charge in [-0.15, -0.1) is 0 Å². The van der Waals surface area contributed by atoms with Crippen LogP contribution < -0.4 is 0 Å². The summed E-state index contributed by atoms with van der Waals surface area (Å²) in [6.07, 6.45) is 0. The number of fused-ring (bicyclic) bond motifs is 9. The number of para-hydroxylation sites is 3. The molecule has 0 spiro atoms. The minimum atomic E-state index is 0.856. The molecule has 10 rings (SSSR count). The van der Waals surface area contributed by atoms with Gasteiger partial charge < -0.3 is 8.83 Å². The monoisotopic (exact) mass is 587 g/mol. The molecule has 3 aromatic heterocycles. The van der Waals surface area contributed by atoms with Crippen molar-refractivity contribution in [3.8, 4) is 33.5 Å². The second-order valence-electron chi connectivity index (χ2n) is 11.9. The van der Waals surface area contributed by atoms with Crippen molar-refractivity contribution in [1.82, 2.24) is 4.98 Å². The van der Waals surface area contributed by atoms with E-state index >= 15 is 0 Å². The third kappa shape index (κ3) is 3.69. The molecule has 0 bridgehead atoms. The van der Waals surface area contributed by atoms with Crippen LogP contribution in [-0.2, 0) is 0 Å². The molecule has 0 radical (unpaired) electrons. The minimum Gasteiger partial charge on any atom is -0.456 e. The van der Waals surface area contributed by atoms with Crippen molar-refractivity contribution in [3.63, 3.8) is 0 Å². The summed E-state index contributed by atoms with van der Waals surface area (Å²) in [7, 11) is 0. The predicted molar refractivity (Wildman–Crippen MR) is 190 cm³/mol. The zero-order valence-corrected chi connectivity index (χ0v) is 24.7. The molecule has 3 nitrogen and oxygen atoms in total. The SMILES string of the molecule is c1ccc(-c2nc3ccccc3c3c(-c4cccc(-c5ccc6oc7ccccc7c6c5)c4)c4c(cc23)oc2ccccc24)cc1. The topological polar surface area (TPSA) is 39.2 Å². The Bertz CT molecular complexity index is 2800.